The van der Waals surface area contributed by atoms with Crippen LogP contribution in [0.1, 0.15) is 22.3 Å². The summed E-state index contributed by atoms with van der Waals surface area (Å²) >= 11 is 0. The second-order valence-corrected chi connectivity index (χ2v) is 4.92. The van der Waals surface area contributed by atoms with Crippen LogP contribution in [0, 0.1) is 5.82 Å². The van der Waals surface area contributed by atoms with E-state index < -0.39 is 6.10 Å². The highest BCUT2D eigenvalue weighted by molar-refractivity contribution is 6.09. The molecule has 0 aliphatic carbocycles. The van der Waals surface area contributed by atoms with Gasteiger partial charge in [0.05, 0.1) is 6.61 Å². The van der Waals surface area contributed by atoms with Crippen LogP contribution < -0.4 is 4.74 Å². The lowest BCUT2D eigenvalue weighted by molar-refractivity contribution is -0.143. The van der Waals surface area contributed by atoms with E-state index >= 15 is 0 Å². The van der Waals surface area contributed by atoms with Crippen LogP contribution in [0.5, 0.6) is 5.75 Å². The van der Waals surface area contributed by atoms with Gasteiger partial charge in [0, 0.05) is 17.5 Å². The first kappa shape index (κ1) is 14.3. The van der Waals surface area contributed by atoms with E-state index in [0.29, 0.717) is 29.9 Å². The molecule has 2 aromatic carbocycles. The highest BCUT2D eigenvalue weighted by Crippen LogP contribution is 2.20. The van der Waals surface area contributed by atoms with Gasteiger partial charge >= 0.3 is 5.97 Å². The first-order valence-corrected chi connectivity index (χ1v) is 6.87. The molecule has 2 aromatic rings. The van der Waals surface area contributed by atoms with Crippen molar-refractivity contribution >= 4 is 11.8 Å². The SMILES string of the molecule is O=C(c1ccc(F)cc1)c1ccc(OC2CCOC2=O)cc1. The van der Waals surface area contributed by atoms with Gasteiger partial charge in [0.1, 0.15) is 11.6 Å². The van der Waals surface area contributed by atoms with Crippen LogP contribution in [-0.4, -0.2) is 24.5 Å². The third kappa shape index (κ3) is 2.98. The van der Waals surface area contributed by atoms with E-state index in [1.807, 2.05) is 0 Å². The number of ketones is 1. The maximum Gasteiger partial charge on any atom is 0.347 e. The Labute approximate surface area is 126 Å². The summed E-state index contributed by atoms with van der Waals surface area (Å²) in [5.74, 6) is -0.457. The third-order valence-electron chi connectivity index (χ3n) is 3.39. The maximum atomic E-state index is 12.9. The zero-order valence-corrected chi connectivity index (χ0v) is 11.6. The van der Waals surface area contributed by atoms with Crippen molar-refractivity contribution in [3.63, 3.8) is 0 Å². The lowest BCUT2D eigenvalue weighted by atomic mass is 10.0. The molecule has 1 aliphatic heterocycles. The van der Waals surface area contributed by atoms with Crippen LogP contribution in [0.4, 0.5) is 4.39 Å². The van der Waals surface area contributed by atoms with E-state index in [4.69, 9.17) is 9.47 Å². The van der Waals surface area contributed by atoms with E-state index in [9.17, 15) is 14.0 Å². The van der Waals surface area contributed by atoms with Crippen molar-refractivity contribution in [2.24, 2.45) is 0 Å². The highest BCUT2D eigenvalue weighted by Gasteiger charge is 2.28. The molecular weight excluding hydrogens is 287 g/mol. The van der Waals surface area contributed by atoms with Crippen molar-refractivity contribution in [1.82, 2.24) is 0 Å². The number of hydrogen-bond donors (Lipinski definition) is 0. The number of halogens is 1. The number of carbonyl (C=O) groups is 2. The molecule has 1 unspecified atom stereocenters. The molecule has 0 bridgehead atoms. The molecule has 1 atom stereocenters. The van der Waals surface area contributed by atoms with Gasteiger partial charge in [-0.15, -0.1) is 0 Å². The molecule has 4 nitrogen and oxygen atoms in total. The molecule has 112 valence electrons. The molecule has 0 saturated carbocycles. The molecule has 0 radical (unpaired) electrons. The van der Waals surface area contributed by atoms with E-state index in [1.54, 1.807) is 24.3 Å². The largest absolute Gasteiger partial charge is 0.479 e. The number of carbonyl (C=O) groups excluding carboxylic acids is 2. The van der Waals surface area contributed by atoms with Gasteiger partial charge < -0.3 is 9.47 Å². The molecule has 5 heteroatoms. The monoisotopic (exact) mass is 300 g/mol. The van der Waals surface area contributed by atoms with Gasteiger partial charge in [0.25, 0.3) is 0 Å². The molecule has 22 heavy (non-hydrogen) atoms. The van der Waals surface area contributed by atoms with Gasteiger partial charge in [0.2, 0.25) is 0 Å². The fourth-order valence-electron chi connectivity index (χ4n) is 2.20. The molecule has 0 aromatic heterocycles. The lowest BCUT2D eigenvalue weighted by Gasteiger charge is -2.10. The Bertz CT molecular complexity index is 692. The quantitative estimate of drug-likeness (QED) is 0.643. The normalized spacial score (nSPS) is 17.1. The molecule has 1 heterocycles. The Balaban J connectivity index is 1.72. The van der Waals surface area contributed by atoms with Crippen molar-refractivity contribution < 1.29 is 23.5 Å². The summed E-state index contributed by atoms with van der Waals surface area (Å²) < 4.78 is 23.2. The van der Waals surface area contributed by atoms with Crippen LogP contribution in [-0.2, 0) is 9.53 Å². The second kappa shape index (κ2) is 5.97. The Kier molecular flexibility index (Phi) is 3.87. The van der Waals surface area contributed by atoms with Crippen LogP contribution in [0.2, 0.25) is 0 Å². The van der Waals surface area contributed by atoms with E-state index in [1.165, 1.54) is 24.3 Å². The summed E-state index contributed by atoms with van der Waals surface area (Å²) in [6, 6.07) is 11.9. The van der Waals surface area contributed by atoms with Crippen molar-refractivity contribution in [3.05, 3.63) is 65.5 Å². The second-order valence-electron chi connectivity index (χ2n) is 4.92. The van der Waals surface area contributed by atoms with Gasteiger partial charge in [0.15, 0.2) is 11.9 Å². The summed E-state index contributed by atoms with van der Waals surface area (Å²) in [7, 11) is 0. The summed E-state index contributed by atoms with van der Waals surface area (Å²) in [4.78, 5) is 23.6. The number of esters is 1. The topological polar surface area (TPSA) is 52.6 Å². The lowest BCUT2D eigenvalue weighted by Crippen LogP contribution is -2.21. The molecule has 0 N–H and O–H groups in total. The van der Waals surface area contributed by atoms with Crippen molar-refractivity contribution in [3.8, 4) is 5.75 Å². The zero-order chi connectivity index (χ0) is 15.5. The maximum absolute atomic E-state index is 12.9. The number of cyclic esters (lactones) is 1. The van der Waals surface area contributed by atoms with Gasteiger partial charge in [-0.05, 0) is 48.5 Å². The van der Waals surface area contributed by atoms with Crippen molar-refractivity contribution in [1.29, 1.82) is 0 Å². The molecule has 1 saturated heterocycles. The molecule has 0 amide bonds. The van der Waals surface area contributed by atoms with Crippen molar-refractivity contribution in [2.75, 3.05) is 6.61 Å². The minimum atomic E-state index is -0.585. The first-order valence-electron chi connectivity index (χ1n) is 6.87. The number of benzene rings is 2. The van der Waals surface area contributed by atoms with Crippen LogP contribution in [0.3, 0.4) is 0 Å². The minimum absolute atomic E-state index is 0.202. The molecule has 1 fully saturated rings. The van der Waals surface area contributed by atoms with Gasteiger partial charge in [-0.25, -0.2) is 9.18 Å². The van der Waals surface area contributed by atoms with Crippen LogP contribution in [0.25, 0.3) is 0 Å². The van der Waals surface area contributed by atoms with Crippen LogP contribution >= 0.6 is 0 Å². The zero-order valence-electron chi connectivity index (χ0n) is 11.6. The fraction of sp³-hybridized carbons (Fsp3) is 0.176. The fourth-order valence-corrected chi connectivity index (χ4v) is 2.20. The Morgan fingerprint density at radius 2 is 1.64 bits per heavy atom. The number of rotatable bonds is 4. The predicted octanol–water partition coefficient (Wildman–Crippen LogP) is 2.75. The third-order valence-corrected chi connectivity index (χ3v) is 3.39. The summed E-state index contributed by atoms with van der Waals surface area (Å²) in [5, 5.41) is 0. The summed E-state index contributed by atoms with van der Waals surface area (Å²) in [6.45, 7) is 0.366. The standard InChI is InChI=1S/C17H13FO4/c18-13-5-1-11(2-6-13)16(19)12-3-7-14(8-4-12)22-15-9-10-21-17(15)20/h1-8,15H,9-10H2. The first-order chi connectivity index (χ1) is 10.6. The van der Waals surface area contributed by atoms with Gasteiger partial charge in [-0.2, -0.15) is 0 Å². The molecule has 3 rings (SSSR count). The smallest absolute Gasteiger partial charge is 0.347 e. The summed E-state index contributed by atoms with van der Waals surface area (Å²) in [6.07, 6.45) is -0.0617. The Morgan fingerprint density at radius 3 is 2.18 bits per heavy atom. The molecule has 0 spiro atoms. The molecule has 1 aliphatic rings. The average molecular weight is 300 g/mol. The molecular formula is C17H13FO4. The average Bonchev–Trinajstić information content (AvgIpc) is 2.93. The highest BCUT2D eigenvalue weighted by atomic mass is 19.1. The van der Waals surface area contributed by atoms with E-state index in [-0.39, 0.29) is 17.6 Å². The van der Waals surface area contributed by atoms with Gasteiger partial charge in [-0.3, -0.25) is 4.79 Å². The van der Waals surface area contributed by atoms with E-state index in [2.05, 4.69) is 0 Å². The minimum Gasteiger partial charge on any atom is -0.479 e. The Morgan fingerprint density at radius 1 is 1.05 bits per heavy atom. The number of ether oxygens (including phenoxy) is 2. The van der Waals surface area contributed by atoms with E-state index in [0.717, 1.165) is 0 Å². The van der Waals surface area contributed by atoms with Crippen molar-refractivity contribution in [2.45, 2.75) is 12.5 Å². The Hall–Kier alpha value is -2.69. The van der Waals surface area contributed by atoms with Gasteiger partial charge in [-0.1, -0.05) is 0 Å². The number of hydrogen-bond acceptors (Lipinski definition) is 4. The van der Waals surface area contributed by atoms with Crippen LogP contribution in [0.15, 0.2) is 48.5 Å². The summed E-state index contributed by atoms with van der Waals surface area (Å²) in [5.41, 5.74) is 0.877. The predicted molar refractivity (Wildman–Crippen MR) is 76.3 cm³/mol.